The molecule has 0 bridgehead atoms. The minimum Gasteiger partial charge on any atom is -0.480 e. The Hall–Kier alpha value is -4.32. The molecule has 44 heavy (non-hydrogen) atoms. The molecule has 1 atom stereocenters. The number of aromatic carboxylic acids is 1. The number of ether oxygens (including phenoxy) is 2. The van der Waals surface area contributed by atoms with Crippen molar-refractivity contribution in [1.82, 2.24) is 19.4 Å². The Bertz CT molecular complexity index is 1820. The number of anilines is 1. The second-order valence-corrected chi connectivity index (χ2v) is 11.6. The molecule has 3 aliphatic heterocycles. The number of nitrogens with zero attached hydrogens (tertiary/aromatic N) is 5. The van der Waals surface area contributed by atoms with Gasteiger partial charge in [0, 0.05) is 30.3 Å². The van der Waals surface area contributed by atoms with Crippen LogP contribution in [0.25, 0.3) is 16.6 Å². The van der Waals surface area contributed by atoms with Crippen LogP contribution in [0.4, 0.5) is 10.2 Å². The zero-order valence-corrected chi connectivity index (χ0v) is 24.5. The van der Waals surface area contributed by atoms with Crippen molar-refractivity contribution in [3.63, 3.8) is 0 Å². The molecular weight excluding hydrogens is 589 g/mol. The van der Waals surface area contributed by atoms with Gasteiger partial charge in [-0.1, -0.05) is 23.7 Å². The molecule has 0 aliphatic carbocycles. The molecular formula is C32H29ClFN5O5. The van der Waals surface area contributed by atoms with E-state index < -0.39 is 11.8 Å². The van der Waals surface area contributed by atoms with Crippen LogP contribution in [-0.4, -0.2) is 68.8 Å². The molecule has 0 saturated carbocycles. The molecule has 0 radical (unpaired) electrons. The summed E-state index contributed by atoms with van der Waals surface area (Å²) in [5.41, 5.74) is 3.90. The zero-order valence-electron chi connectivity index (χ0n) is 23.7. The van der Waals surface area contributed by atoms with Gasteiger partial charge < -0.3 is 19.1 Å². The largest absolute Gasteiger partial charge is 0.480 e. The standard InChI is InChI=1S/C32H29ClFN5O5/c33-22-3-1-21(24(34)14-22)15-39-30(40)18-44-28-6-5-25(36-31(28)39)19-7-10-37(11-8-19)17-29-35-26-4-2-20(32(41)42)13-27(26)38(29)16-23-9-12-43-23/h1-7,13-14,23H,8-12,15-18H2,(H,41,42)/t23-/m0/s1. The number of fused-ring (bicyclic) bond motifs is 2. The summed E-state index contributed by atoms with van der Waals surface area (Å²) in [4.78, 5) is 37.8. The van der Waals surface area contributed by atoms with Crippen LogP contribution in [0.3, 0.4) is 0 Å². The van der Waals surface area contributed by atoms with Gasteiger partial charge in [0.2, 0.25) is 0 Å². The topological polar surface area (TPSA) is 110 Å². The number of amides is 1. The van der Waals surface area contributed by atoms with Crippen LogP contribution < -0.4 is 9.64 Å². The number of carbonyl (C=O) groups excluding carboxylic acids is 1. The normalized spacial score (nSPS) is 18.5. The van der Waals surface area contributed by atoms with E-state index in [0.29, 0.717) is 36.8 Å². The maximum Gasteiger partial charge on any atom is 0.335 e. The van der Waals surface area contributed by atoms with Crippen LogP contribution in [0.5, 0.6) is 5.75 Å². The Balaban J connectivity index is 1.11. The number of halogens is 2. The highest BCUT2D eigenvalue weighted by atomic mass is 35.5. The van der Waals surface area contributed by atoms with Crippen molar-refractivity contribution in [1.29, 1.82) is 0 Å². The van der Waals surface area contributed by atoms with E-state index in [1.807, 2.05) is 6.07 Å². The molecule has 3 aliphatic rings. The summed E-state index contributed by atoms with van der Waals surface area (Å²) in [6.45, 7) is 3.24. The van der Waals surface area contributed by atoms with Gasteiger partial charge in [-0.3, -0.25) is 14.6 Å². The summed E-state index contributed by atoms with van der Waals surface area (Å²) in [5, 5.41) is 9.81. The van der Waals surface area contributed by atoms with E-state index in [1.54, 1.807) is 36.4 Å². The quantitative estimate of drug-likeness (QED) is 0.297. The van der Waals surface area contributed by atoms with Crippen molar-refractivity contribution in [3.8, 4) is 5.75 Å². The van der Waals surface area contributed by atoms with Gasteiger partial charge in [0.05, 0.1) is 48.0 Å². The Morgan fingerprint density at radius 2 is 1.98 bits per heavy atom. The van der Waals surface area contributed by atoms with E-state index in [0.717, 1.165) is 54.1 Å². The molecule has 226 valence electrons. The van der Waals surface area contributed by atoms with Crippen molar-refractivity contribution in [2.45, 2.75) is 38.6 Å². The van der Waals surface area contributed by atoms with Gasteiger partial charge in [0.1, 0.15) is 11.6 Å². The number of carboxylic acid groups (broad SMARTS) is 1. The average Bonchev–Trinajstić information content (AvgIpc) is 3.33. The first kappa shape index (κ1) is 28.5. The number of carbonyl (C=O) groups is 2. The molecule has 2 aromatic carbocycles. The lowest BCUT2D eigenvalue weighted by molar-refractivity contribution is -0.121. The molecule has 1 amide bonds. The Kier molecular flexibility index (Phi) is 7.53. The Morgan fingerprint density at radius 1 is 1.11 bits per heavy atom. The number of benzene rings is 2. The van der Waals surface area contributed by atoms with Gasteiger partial charge in [-0.2, -0.15) is 0 Å². The predicted octanol–water partition coefficient (Wildman–Crippen LogP) is 4.93. The minimum absolute atomic E-state index is 0.0162. The molecule has 10 nitrogen and oxygen atoms in total. The van der Waals surface area contributed by atoms with Crippen molar-refractivity contribution in [3.05, 3.63) is 88.1 Å². The zero-order chi connectivity index (χ0) is 30.4. The van der Waals surface area contributed by atoms with E-state index in [2.05, 4.69) is 15.5 Å². The summed E-state index contributed by atoms with van der Waals surface area (Å²) >= 11 is 5.91. The van der Waals surface area contributed by atoms with Gasteiger partial charge in [-0.15, -0.1) is 0 Å². The van der Waals surface area contributed by atoms with Crippen LogP contribution in [0, 0.1) is 5.82 Å². The van der Waals surface area contributed by atoms with Gasteiger partial charge in [-0.25, -0.2) is 19.2 Å². The summed E-state index contributed by atoms with van der Waals surface area (Å²) in [6, 6.07) is 13.1. The number of aromatic nitrogens is 3. The first-order valence-corrected chi connectivity index (χ1v) is 14.8. The van der Waals surface area contributed by atoms with Crippen molar-refractivity contribution >= 4 is 45.9 Å². The fourth-order valence-corrected chi connectivity index (χ4v) is 5.95. The fourth-order valence-electron chi connectivity index (χ4n) is 5.79. The first-order chi connectivity index (χ1) is 21.3. The van der Waals surface area contributed by atoms with E-state index in [9.17, 15) is 19.1 Å². The van der Waals surface area contributed by atoms with E-state index in [1.165, 1.54) is 11.0 Å². The van der Waals surface area contributed by atoms with Crippen LogP contribution in [0.15, 0.2) is 54.6 Å². The second kappa shape index (κ2) is 11.6. The number of hydrogen-bond donors (Lipinski definition) is 1. The van der Waals surface area contributed by atoms with Gasteiger partial charge >= 0.3 is 5.97 Å². The summed E-state index contributed by atoms with van der Waals surface area (Å²) in [7, 11) is 0. The number of carboxylic acids is 1. The lowest BCUT2D eigenvalue weighted by Crippen LogP contribution is -2.39. The molecule has 5 heterocycles. The van der Waals surface area contributed by atoms with Crippen molar-refractivity contribution < 1.29 is 28.6 Å². The third-order valence-corrected chi connectivity index (χ3v) is 8.57. The maximum atomic E-state index is 14.6. The number of imidazole rings is 1. The Labute approximate surface area is 257 Å². The van der Waals surface area contributed by atoms with Crippen LogP contribution in [-0.2, 0) is 29.2 Å². The molecule has 0 unspecified atom stereocenters. The van der Waals surface area contributed by atoms with Crippen LogP contribution >= 0.6 is 11.6 Å². The number of hydrogen-bond acceptors (Lipinski definition) is 7. The minimum atomic E-state index is -0.971. The third-order valence-electron chi connectivity index (χ3n) is 8.33. The lowest BCUT2D eigenvalue weighted by Gasteiger charge is -2.30. The molecule has 12 heteroatoms. The summed E-state index contributed by atoms with van der Waals surface area (Å²) in [6.07, 6.45) is 3.90. The highest BCUT2D eigenvalue weighted by Gasteiger charge is 2.29. The van der Waals surface area contributed by atoms with Crippen molar-refractivity contribution in [2.75, 3.05) is 31.2 Å². The van der Waals surface area contributed by atoms with Crippen LogP contribution in [0.2, 0.25) is 5.02 Å². The third kappa shape index (κ3) is 5.54. The van der Waals surface area contributed by atoms with Crippen LogP contribution in [0.1, 0.15) is 40.3 Å². The molecule has 0 spiro atoms. The Morgan fingerprint density at radius 3 is 2.70 bits per heavy atom. The summed E-state index contributed by atoms with van der Waals surface area (Å²) in [5.74, 6) is -0.0545. The van der Waals surface area contributed by atoms with Crippen molar-refractivity contribution in [2.24, 2.45) is 0 Å². The molecule has 4 aromatic rings. The highest BCUT2D eigenvalue weighted by molar-refractivity contribution is 6.30. The highest BCUT2D eigenvalue weighted by Crippen LogP contribution is 2.34. The average molecular weight is 618 g/mol. The molecule has 7 rings (SSSR count). The van der Waals surface area contributed by atoms with Gasteiger partial charge in [-0.05, 0) is 60.9 Å². The van der Waals surface area contributed by atoms with E-state index in [4.69, 9.17) is 31.0 Å². The number of rotatable bonds is 8. The van der Waals surface area contributed by atoms with Gasteiger partial charge in [0.15, 0.2) is 18.2 Å². The van der Waals surface area contributed by atoms with Gasteiger partial charge in [0.25, 0.3) is 5.91 Å². The SMILES string of the molecule is O=C(O)c1ccc2nc(CN3CC=C(c4ccc5c(n4)N(Cc4ccc(Cl)cc4F)C(=O)CO5)CC3)n(C[C@@H]3CCO3)c2c1. The molecule has 2 aromatic heterocycles. The first-order valence-electron chi connectivity index (χ1n) is 14.5. The summed E-state index contributed by atoms with van der Waals surface area (Å²) < 4.78 is 28.0. The van der Waals surface area contributed by atoms with E-state index in [-0.39, 0.29) is 35.7 Å². The smallest absolute Gasteiger partial charge is 0.335 e. The fraction of sp³-hybridized carbons (Fsp3) is 0.312. The van der Waals surface area contributed by atoms with E-state index >= 15 is 0 Å². The number of pyridine rings is 1. The lowest BCUT2D eigenvalue weighted by atomic mass is 10.0. The second-order valence-electron chi connectivity index (χ2n) is 11.2. The predicted molar refractivity (Wildman–Crippen MR) is 161 cm³/mol. The monoisotopic (exact) mass is 617 g/mol. The maximum absolute atomic E-state index is 14.6. The molecule has 1 N–H and O–H groups in total. The molecule has 1 saturated heterocycles. The molecule has 1 fully saturated rings.